The Morgan fingerprint density at radius 2 is 2.10 bits per heavy atom. The fourth-order valence-corrected chi connectivity index (χ4v) is 2.32. The van der Waals surface area contributed by atoms with Crippen LogP contribution in [0.3, 0.4) is 0 Å². The molecule has 0 aliphatic rings. The molecule has 5 nitrogen and oxygen atoms in total. The summed E-state index contributed by atoms with van der Waals surface area (Å²) in [5.74, 6) is 1.73. The standard InChI is InChI=1S/C15H16ClN5/c1-9(2)11-5-4-6-12(7-11)19-14-10(3)13(16)20-15-17-8-18-21(14)15/h4-9,19H,1-3H3. The van der Waals surface area contributed by atoms with Crippen molar-refractivity contribution in [2.24, 2.45) is 0 Å². The molecule has 2 aromatic heterocycles. The number of fused-ring (bicyclic) bond motifs is 1. The number of nitrogens with zero attached hydrogens (tertiary/aromatic N) is 4. The smallest absolute Gasteiger partial charge is 0.255 e. The van der Waals surface area contributed by atoms with Gasteiger partial charge in [-0.05, 0) is 30.5 Å². The molecule has 3 aromatic rings. The summed E-state index contributed by atoms with van der Waals surface area (Å²) in [6.07, 6.45) is 1.47. The third-order valence-corrected chi connectivity index (χ3v) is 3.79. The largest absolute Gasteiger partial charge is 0.340 e. The van der Waals surface area contributed by atoms with E-state index in [1.54, 1.807) is 4.52 Å². The van der Waals surface area contributed by atoms with Gasteiger partial charge in [0.2, 0.25) is 0 Å². The lowest BCUT2D eigenvalue weighted by atomic mass is 10.0. The Balaban J connectivity index is 2.07. The summed E-state index contributed by atoms with van der Waals surface area (Å²) >= 11 is 6.17. The van der Waals surface area contributed by atoms with Gasteiger partial charge in [-0.15, -0.1) is 0 Å². The molecule has 108 valence electrons. The minimum absolute atomic E-state index is 0.429. The van der Waals surface area contributed by atoms with E-state index in [1.807, 2.05) is 19.1 Å². The summed E-state index contributed by atoms with van der Waals surface area (Å²) in [5, 5.41) is 8.00. The van der Waals surface area contributed by atoms with Crippen LogP contribution in [0.15, 0.2) is 30.6 Å². The Bertz CT molecular complexity index is 794. The third kappa shape index (κ3) is 2.56. The highest BCUT2D eigenvalue weighted by atomic mass is 35.5. The van der Waals surface area contributed by atoms with Gasteiger partial charge in [0.05, 0.1) is 0 Å². The summed E-state index contributed by atoms with van der Waals surface area (Å²) in [7, 11) is 0. The molecule has 0 aliphatic heterocycles. The van der Waals surface area contributed by atoms with E-state index in [-0.39, 0.29) is 0 Å². The van der Waals surface area contributed by atoms with E-state index in [0.29, 0.717) is 16.8 Å². The van der Waals surface area contributed by atoms with Crippen LogP contribution in [0.25, 0.3) is 5.78 Å². The molecule has 0 fully saturated rings. The first-order valence-corrected chi connectivity index (χ1v) is 7.17. The normalized spacial score (nSPS) is 11.3. The van der Waals surface area contributed by atoms with Crippen molar-refractivity contribution >= 4 is 28.9 Å². The molecule has 21 heavy (non-hydrogen) atoms. The highest BCUT2D eigenvalue weighted by Gasteiger charge is 2.12. The quantitative estimate of drug-likeness (QED) is 0.744. The molecule has 6 heteroatoms. The Hall–Kier alpha value is -2.14. The van der Waals surface area contributed by atoms with Gasteiger partial charge in [-0.3, -0.25) is 0 Å². The SMILES string of the molecule is Cc1c(Cl)nc2ncnn2c1Nc1cccc(C(C)C)c1. The number of aromatic nitrogens is 4. The molecule has 0 unspecified atom stereocenters. The molecule has 0 saturated heterocycles. The van der Waals surface area contributed by atoms with Crippen molar-refractivity contribution in [3.8, 4) is 0 Å². The summed E-state index contributed by atoms with van der Waals surface area (Å²) < 4.78 is 1.66. The number of hydrogen-bond acceptors (Lipinski definition) is 4. The monoisotopic (exact) mass is 301 g/mol. The highest BCUT2D eigenvalue weighted by Crippen LogP contribution is 2.27. The number of benzene rings is 1. The predicted molar refractivity (Wildman–Crippen MR) is 84.3 cm³/mol. The van der Waals surface area contributed by atoms with E-state index in [0.717, 1.165) is 17.1 Å². The first-order valence-electron chi connectivity index (χ1n) is 6.79. The van der Waals surface area contributed by atoms with Crippen LogP contribution in [0, 0.1) is 6.92 Å². The van der Waals surface area contributed by atoms with Gasteiger partial charge in [-0.1, -0.05) is 37.6 Å². The van der Waals surface area contributed by atoms with Gasteiger partial charge in [-0.2, -0.15) is 19.6 Å². The fourth-order valence-electron chi connectivity index (χ4n) is 2.16. The average molecular weight is 302 g/mol. The molecule has 0 radical (unpaired) electrons. The topological polar surface area (TPSA) is 55.1 Å². The van der Waals surface area contributed by atoms with E-state index < -0.39 is 0 Å². The van der Waals surface area contributed by atoms with E-state index in [4.69, 9.17) is 11.6 Å². The summed E-state index contributed by atoms with van der Waals surface area (Å²) in [5.41, 5.74) is 3.10. The number of hydrogen-bond donors (Lipinski definition) is 1. The van der Waals surface area contributed by atoms with E-state index in [2.05, 4.69) is 46.4 Å². The molecule has 0 amide bonds. The van der Waals surface area contributed by atoms with Gasteiger partial charge in [0.1, 0.15) is 17.3 Å². The first-order chi connectivity index (χ1) is 10.1. The Morgan fingerprint density at radius 1 is 1.29 bits per heavy atom. The lowest BCUT2D eigenvalue weighted by Crippen LogP contribution is -2.05. The fraction of sp³-hybridized carbons (Fsp3) is 0.267. The molecule has 0 spiro atoms. The molecule has 1 N–H and O–H groups in total. The van der Waals surface area contributed by atoms with Crippen LogP contribution < -0.4 is 5.32 Å². The zero-order valence-electron chi connectivity index (χ0n) is 12.1. The van der Waals surface area contributed by atoms with Gasteiger partial charge in [0.25, 0.3) is 5.78 Å². The van der Waals surface area contributed by atoms with Crippen LogP contribution in [0.2, 0.25) is 5.15 Å². The molecule has 1 aromatic carbocycles. The van der Waals surface area contributed by atoms with Crippen molar-refractivity contribution in [3.63, 3.8) is 0 Å². The van der Waals surface area contributed by atoms with Crippen LogP contribution in [0.1, 0.15) is 30.9 Å². The number of nitrogens with one attached hydrogen (secondary N) is 1. The molecule has 0 atom stereocenters. The van der Waals surface area contributed by atoms with Gasteiger partial charge < -0.3 is 5.32 Å². The molecule has 0 aliphatic carbocycles. The molecule has 3 rings (SSSR count). The number of rotatable bonds is 3. The van der Waals surface area contributed by atoms with Crippen molar-refractivity contribution in [1.29, 1.82) is 0 Å². The van der Waals surface area contributed by atoms with Crippen molar-refractivity contribution < 1.29 is 0 Å². The maximum atomic E-state index is 6.17. The van der Waals surface area contributed by atoms with Crippen LogP contribution in [-0.4, -0.2) is 19.6 Å². The number of halogens is 1. The first kappa shape index (κ1) is 13.8. The maximum Gasteiger partial charge on any atom is 0.255 e. The minimum atomic E-state index is 0.429. The number of anilines is 2. The van der Waals surface area contributed by atoms with Crippen LogP contribution in [0.5, 0.6) is 0 Å². The molecule has 2 heterocycles. The third-order valence-electron chi connectivity index (χ3n) is 3.42. The lowest BCUT2D eigenvalue weighted by Gasteiger charge is -2.13. The van der Waals surface area contributed by atoms with Crippen molar-refractivity contribution in [3.05, 3.63) is 46.9 Å². The summed E-state index contributed by atoms with van der Waals surface area (Å²) in [6.45, 7) is 6.25. The summed E-state index contributed by atoms with van der Waals surface area (Å²) in [4.78, 5) is 8.28. The molecular formula is C15H16ClN5. The Morgan fingerprint density at radius 3 is 2.86 bits per heavy atom. The van der Waals surface area contributed by atoms with Crippen molar-refractivity contribution in [2.75, 3.05) is 5.32 Å². The van der Waals surface area contributed by atoms with E-state index in [9.17, 15) is 0 Å². The minimum Gasteiger partial charge on any atom is -0.340 e. The predicted octanol–water partition coefficient (Wildman–Crippen LogP) is 3.95. The average Bonchev–Trinajstić information content (AvgIpc) is 2.92. The van der Waals surface area contributed by atoms with Crippen LogP contribution in [0.4, 0.5) is 11.5 Å². The zero-order valence-corrected chi connectivity index (χ0v) is 12.9. The van der Waals surface area contributed by atoms with Gasteiger partial charge in [0, 0.05) is 11.3 Å². The molecule has 0 saturated carbocycles. The zero-order chi connectivity index (χ0) is 15.0. The second-order valence-corrected chi connectivity index (χ2v) is 5.61. The van der Waals surface area contributed by atoms with E-state index in [1.165, 1.54) is 11.9 Å². The lowest BCUT2D eigenvalue weighted by molar-refractivity contribution is 0.867. The second-order valence-electron chi connectivity index (χ2n) is 5.25. The molecule has 0 bridgehead atoms. The van der Waals surface area contributed by atoms with Crippen molar-refractivity contribution in [2.45, 2.75) is 26.7 Å². The van der Waals surface area contributed by atoms with Gasteiger partial charge in [0.15, 0.2) is 0 Å². The van der Waals surface area contributed by atoms with E-state index >= 15 is 0 Å². The van der Waals surface area contributed by atoms with Gasteiger partial charge in [-0.25, -0.2) is 0 Å². The Kier molecular flexibility index (Phi) is 3.51. The Labute approximate surface area is 128 Å². The second kappa shape index (κ2) is 5.33. The van der Waals surface area contributed by atoms with Crippen LogP contribution >= 0.6 is 11.6 Å². The molecular weight excluding hydrogens is 286 g/mol. The van der Waals surface area contributed by atoms with Crippen LogP contribution in [-0.2, 0) is 0 Å². The highest BCUT2D eigenvalue weighted by molar-refractivity contribution is 6.30. The van der Waals surface area contributed by atoms with Crippen molar-refractivity contribution in [1.82, 2.24) is 19.6 Å². The maximum absolute atomic E-state index is 6.17. The van der Waals surface area contributed by atoms with Gasteiger partial charge >= 0.3 is 0 Å². The summed E-state index contributed by atoms with van der Waals surface area (Å²) in [6, 6.07) is 8.30.